The fourth-order valence-electron chi connectivity index (χ4n) is 0.721. The molecule has 1 unspecified atom stereocenters. The zero-order valence-electron chi connectivity index (χ0n) is 6.39. The normalized spacial score (nSPS) is 15.7. The van der Waals surface area contributed by atoms with Gasteiger partial charge in [0.05, 0.1) is 11.7 Å². The molecule has 0 saturated heterocycles. The van der Waals surface area contributed by atoms with Gasteiger partial charge in [0.15, 0.2) is 0 Å². The van der Waals surface area contributed by atoms with Crippen LogP contribution in [0.5, 0.6) is 0 Å². The van der Waals surface area contributed by atoms with Gasteiger partial charge >= 0.3 is 0 Å². The van der Waals surface area contributed by atoms with E-state index >= 15 is 0 Å². The van der Waals surface area contributed by atoms with Crippen LogP contribution < -0.4 is 0 Å². The summed E-state index contributed by atoms with van der Waals surface area (Å²) in [6.45, 7) is 5.30. The second-order valence-electron chi connectivity index (χ2n) is 3.08. The highest BCUT2D eigenvalue weighted by Gasteiger charge is 2.16. The van der Waals surface area contributed by atoms with Gasteiger partial charge in [0.25, 0.3) is 0 Å². The largest absolute Gasteiger partial charge is 0.393 e. The molecule has 9 heavy (non-hydrogen) atoms. The van der Waals surface area contributed by atoms with Crippen molar-refractivity contribution >= 4 is 0 Å². The molecule has 0 aliphatic carbocycles. The maximum Gasteiger partial charge on any atom is 0.0616 e. The molecule has 0 saturated carbocycles. The molecule has 0 aromatic heterocycles. The van der Waals surface area contributed by atoms with Gasteiger partial charge in [0, 0.05) is 6.42 Å². The third-order valence-corrected chi connectivity index (χ3v) is 1.21. The fourth-order valence-corrected chi connectivity index (χ4v) is 0.721. The number of aliphatic hydroxyl groups excluding tert-OH is 1. The summed E-state index contributed by atoms with van der Waals surface area (Å²) in [5, 5.41) is 18.2. The summed E-state index contributed by atoms with van der Waals surface area (Å²) in [5.41, 5.74) is -0.727. The highest BCUT2D eigenvalue weighted by atomic mass is 16.3. The molecule has 0 aliphatic rings. The molecule has 2 heteroatoms. The number of rotatable bonds is 3. The first kappa shape index (κ1) is 8.92. The predicted molar refractivity (Wildman–Crippen MR) is 37.2 cm³/mol. The summed E-state index contributed by atoms with van der Waals surface area (Å²) >= 11 is 0. The molecule has 0 bridgehead atoms. The number of hydrogen-bond acceptors (Lipinski definition) is 2. The minimum absolute atomic E-state index is 0.356. The molecule has 0 amide bonds. The Labute approximate surface area is 56.5 Å². The van der Waals surface area contributed by atoms with E-state index in [1.165, 1.54) is 0 Å². The predicted octanol–water partition coefficient (Wildman–Crippen LogP) is 0.918. The van der Waals surface area contributed by atoms with Crippen LogP contribution in [0.3, 0.4) is 0 Å². The topological polar surface area (TPSA) is 40.5 Å². The lowest BCUT2D eigenvalue weighted by Crippen LogP contribution is -2.25. The van der Waals surface area contributed by atoms with E-state index in [4.69, 9.17) is 10.2 Å². The lowest BCUT2D eigenvalue weighted by molar-refractivity contribution is 0.0175. The van der Waals surface area contributed by atoms with Crippen molar-refractivity contribution in [1.29, 1.82) is 0 Å². The highest BCUT2D eigenvalue weighted by molar-refractivity contribution is 4.69. The SMILES string of the molecule is CCC(O)CC(C)(C)O. The van der Waals surface area contributed by atoms with Crippen LogP contribution >= 0.6 is 0 Å². The molecule has 0 fully saturated rings. The Morgan fingerprint density at radius 2 is 1.89 bits per heavy atom. The molecule has 0 aliphatic heterocycles. The molecule has 0 aromatic rings. The Bertz CT molecular complexity index is 73.5. The van der Waals surface area contributed by atoms with Crippen LogP contribution in [-0.2, 0) is 0 Å². The van der Waals surface area contributed by atoms with Crippen LogP contribution in [0.15, 0.2) is 0 Å². The van der Waals surface area contributed by atoms with Gasteiger partial charge < -0.3 is 10.2 Å². The summed E-state index contributed by atoms with van der Waals surface area (Å²) in [6.07, 6.45) is 0.818. The molecule has 0 heterocycles. The van der Waals surface area contributed by atoms with Crippen LogP contribution in [0, 0.1) is 0 Å². The molecular formula is C7H16O2. The first-order valence-electron chi connectivity index (χ1n) is 3.36. The van der Waals surface area contributed by atoms with E-state index in [1.54, 1.807) is 13.8 Å². The molecule has 0 radical (unpaired) electrons. The zero-order chi connectivity index (χ0) is 7.49. The quantitative estimate of drug-likeness (QED) is 0.599. The van der Waals surface area contributed by atoms with Crippen LogP contribution in [0.2, 0.25) is 0 Å². The monoisotopic (exact) mass is 132 g/mol. The number of aliphatic hydroxyl groups is 2. The Morgan fingerprint density at radius 1 is 1.44 bits per heavy atom. The van der Waals surface area contributed by atoms with E-state index in [1.807, 2.05) is 6.92 Å². The van der Waals surface area contributed by atoms with Crippen molar-refractivity contribution in [2.75, 3.05) is 0 Å². The highest BCUT2D eigenvalue weighted by Crippen LogP contribution is 2.11. The maximum atomic E-state index is 9.16. The van der Waals surface area contributed by atoms with Crippen molar-refractivity contribution in [2.45, 2.75) is 45.3 Å². The zero-order valence-corrected chi connectivity index (χ0v) is 6.39. The smallest absolute Gasteiger partial charge is 0.0616 e. The van der Waals surface area contributed by atoms with E-state index in [0.717, 1.165) is 0 Å². The molecular weight excluding hydrogens is 116 g/mol. The maximum absolute atomic E-state index is 9.16. The van der Waals surface area contributed by atoms with Gasteiger partial charge in [-0.05, 0) is 20.3 Å². The second kappa shape index (κ2) is 3.18. The average molecular weight is 132 g/mol. The van der Waals surface area contributed by atoms with Crippen molar-refractivity contribution in [2.24, 2.45) is 0 Å². The molecule has 1 atom stereocenters. The van der Waals surface area contributed by atoms with Crippen molar-refractivity contribution in [3.63, 3.8) is 0 Å². The lowest BCUT2D eigenvalue weighted by Gasteiger charge is -2.19. The van der Waals surface area contributed by atoms with Crippen LogP contribution in [0.4, 0.5) is 0 Å². The minimum atomic E-state index is -0.727. The minimum Gasteiger partial charge on any atom is -0.393 e. The summed E-state index contributed by atoms with van der Waals surface area (Å²) in [7, 11) is 0. The standard InChI is InChI=1S/C7H16O2/c1-4-6(8)5-7(2,3)9/h6,8-9H,4-5H2,1-3H3. The van der Waals surface area contributed by atoms with Gasteiger partial charge in [-0.15, -0.1) is 0 Å². The third-order valence-electron chi connectivity index (χ3n) is 1.21. The van der Waals surface area contributed by atoms with E-state index in [-0.39, 0.29) is 6.10 Å². The fraction of sp³-hybridized carbons (Fsp3) is 1.00. The van der Waals surface area contributed by atoms with Gasteiger partial charge in [0.2, 0.25) is 0 Å². The van der Waals surface area contributed by atoms with Gasteiger partial charge in [-0.25, -0.2) is 0 Å². The van der Waals surface area contributed by atoms with Gasteiger partial charge in [-0.3, -0.25) is 0 Å². The van der Waals surface area contributed by atoms with E-state index < -0.39 is 5.60 Å². The third kappa shape index (κ3) is 5.80. The van der Waals surface area contributed by atoms with Crippen molar-refractivity contribution in [3.8, 4) is 0 Å². The molecule has 2 nitrogen and oxygen atoms in total. The summed E-state index contributed by atoms with van der Waals surface area (Å²) in [4.78, 5) is 0. The van der Waals surface area contributed by atoms with E-state index in [9.17, 15) is 0 Å². The molecule has 0 rings (SSSR count). The van der Waals surface area contributed by atoms with Crippen molar-refractivity contribution in [3.05, 3.63) is 0 Å². The first-order valence-corrected chi connectivity index (χ1v) is 3.36. The van der Waals surface area contributed by atoms with Crippen molar-refractivity contribution in [1.82, 2.24) is 0 Å². The molecule has 0 aromatic carbocycles. The molecule has 56 valence electrons. The summed E-state index contributed by atoms with van der Waals surface area (Å²) in [6, 6.07) is 0. The van der Waals surface area contributed by atoms with Crippen LogP contribution in [-0.4, -0.2) is 21.9 Å². The van der Waals surface area contributed by atoms with Crippen LogP contribution in [0.1, 0.15) is 33.6 Å². The Kier molecular flexibility index (Phi) is 3.15. The Hall–Kier alpha value is -0.0800. The average Bonchev–Trinajstić information content (AvgIpc) is 1.62. The molecule has 2 N–H and O–H groups in total. The number of hydrogen-bond donors (Lipinski definition) is 2. The summed E-state index contributed by atoms with van der Waals surface area (Å²) < 4.78 is 0. The lowest BCUT2D eigenvalue weighted by atomic mass is 10.00. The summed E-state index contributed by atoms with van der Waals surface area (Å²) in [5.74, 6) is 0. The van der Waals surface area contributed by atoms with Gasteiger partial charge in [0.1, 0.15) is 0 Å². The second-order valence-corrected chi connectivity index (χ2v) is 3.08. The first-order chi connectivity index (χ1) is 3.95. The Balaban J connectivity index is 3.47. The van der Waals surface area contributed by atoms with Crippen LogP contribution in [0.25, 0.3) is 0 Å². The van der Waals surface area contributed by atoms with Gasteiger partial charge in [-0.1, -0.05) is 6.92 Å². The van der Waals surface area contributed by atoms with Gasteiger partial charge in [-0.2, -0.15) is 0 Å². The van der Waals surface area contributed by atoms with E-state index in [2.05, 4.69) is 0 Å². The molecule has 0 spiro atoms. The Morgan fingerprint density at radius 3 is 2.00 bits per heavy atom. The van der Waals surface area contributed by atoms with Crippen molar-refractivity contribution < 1.29 is 10.2 Å². The van der Waals surface area contributed by atoms with E-state index in [0.29, 0.717) is 12.8 Å².